The Hall–Kier alpha value is -1.01. The van der Waals surface area contributed by atoms with Crippen LogP contribution < -0.4 is 5.32 Å². The van der Waals surface area contributed by atoms with Gasteiger partial charge in [-0.25, -0.2) is 4.39 Å². The summed E-state index contributed by atoms with van der Waals surface area (Å²) < 4.78 is 13.2. The second-order valence-electron chi connectivity index (χ2n) is 3.87. The molecule has 0 fully saturated rings. The molecular formula is C11H14ClFN2O2S. The van der Waals surface area contributed by atoms with E-state index >= 15 is 0 Å². The minimum Gasteiger partial charge on any atom is -0.377 e. The molecule has 1 aromatic rings. The van der Waals surface area contributed by atoms with Crippen molar-refractivity contribution in [3.05, 3.63) is 33.1 Å². The van der Waals surface area contributed by atoms with Gasteiger partial charge < -0.3 is 5.32 Å². The number of nitro groups is 1. The number of hydrogen-bond acceptors (Lipinski definition) is 4. The lowest BCUT2D eigenvalue weighted by molar-refractivity contribution is -0.384. The van der Waals surface area contributed by atoms with Crippen molar-refractivity contribution < 1.29 is 9.31 Å². The number of anilines is 1. The lowest BCUT2D eigenvalue weighted by Crippen LogP contribution is -2.17. The Morgan fingerprint density at radius 1 is 1.61 bits per heavy atom. The van der Waals surface area contributed by atoms with Crippen molar-refractivity contribution in [1.29, 1.82) is 0 Å². The number of benzene rings is 1. The summed E-state index contributed by atoms with van der Waals surface area (Å²) in [7, 11) is 0. The standard InChI is InChI=1S/C11H14ClFN2O2S/c1-7(3-4-18-2)14-10-5-8(12)9(13)6-11(10)15(16)17/h5-7,14H,3-4H2,1-2H3. The second kappa shape index (κ2) is 6.80. The molecule has 1 atom stereocenters. The Balaban J connectivity index is 2.93. The van der Waals surface area contributed by atoms with Crippen LogP contribution in [0.25, 0.3) is 0 Å². The Labute approximate surface area is 114 Å². The molecule has 0 heterocycles. The Bertz CT molecular complexity index is 445. The van der Waals surface area contributed by atoms with Gasteiger partial charge in [-0.05, 0) is 31.4 Å². The van der Waals surface area contributed by atoms with Gasteiger partial charge in [0.2, 0.25) is 0 Å². The Morgan fingerprint density at radius 3 is 2.83 bits per heavy atom. The van der Waals surface area contributed by atoms with Crippen LogP contribution in [0.4, 0.5) is 15.8 Å². The lowest BCUT2D eigenvalue weighted by atomic mass is 10.2. The summed E-state index contributed by atoms with van der Waals surface area (Å²) in [6, 6.07) is 2.15. The maximum atomic E-state index is 13.2. The smallest absolute Gasteiger partial charge is 0.295 e. The van der Waals surface area contributed by atoms with E-state index in [9.17, 15) is 14.5 Å². The van der Waals surface area contributed by atoms with Crippen LogP contribution in [-0.2, 0) is 0 Å². The van der Waals surface area contributed by atoms with E-state index in [0.717, 1.165) is 18.2 Å². The predicted octanol–water partition coefficient (Wildman–Crippen LogP) is 3.94. The van der Waals surface area contributed by atoms with E-state index in [1.54, 1.807) is 11.8 Å². The number of thioether (sulfide) groups is 1. The predicted molar refractivity (Wildman–Crippen MR) is 74.1 cm³/mol. The van der Waals surface area contributed by atoms with Gasteiger partial charge in [0.15, 0.2) is 0 Å². The van der Waals surface area contributed by atoms with Crippen molar-refractivity contribution in [2.45, 2.75) is 19.4 Å². The Kier molecular flexibility index (Phi) is 5.68. The molecule has 0 saturated heterocycles. The van der Waals surface area contributed by atoms with E-state index in [1.165, 1.54) is 6.07 Å². The van der Waals surface area contributed by atoms with E-state index in [-0.39, 0.29) is 22.4 Å². The summed E-state index contributed by atoms with van der Waals surface area (Å²) in [6.07, 6.45) is 2.84. The van der Waals surface area contributed by atoms with Crippen molar-refractivity contribution in [3.63, 3.8) is 0 Å². The molecule has 0 radical (unpaired) electrons. The molecule has 0 aromatic heterocycles. The SMILES string of the molecule is CSCCC(C)Nc1cc(Cl)c(F)cc1[N+](=O)[O-]. The first-order chi connectivity index (χ1) is 8.45. The highest BCUT2D eigenvalue weighted by atomic mass is 35.5. The van der Waals surface area contributed by atoms with E-state index in [1.807, 2.05) is 13.2 Å². The third-order valence-corrected chi connectivity index (χ3v) is 3.33. The molecule has 1 unspecified atom stereocenters. The minimum absolute atomic E-state index is 0.0534. The fourth-order valence-corrected chi connectivity index (χ4v) is 2.19. The van der Waals surface area contributed by atoms with Crippen molar-refractivity contribution >= 4 is 34.7 Å². The minimum atomic E-state index is -0.786. The third kappa shape index (κ3) is 4.03. The number of nitrogens with zero attached hydrogens (tertiary/aromatic N) is 1. The molecule has 0 spiro atoms. The van der Waals surface area contributed by atoms with Crippen molar-refractivity contribution in [2.24, 2.45) is 0 Å². The molecule has 18 heavy (non-hydrogen) atoms. The molecule has 7 heteroatoms. The van der Waals surface area contributed by atoms with Crippen molar-refractivity contribution in [3.8, 4) is 0 Å². The van der Waals surface area contributed by atoms with Gasteiger partial charge in [0.25, 0.3) is 5.69 Å². The number of rotatable bonds is 6. The number of nitro benzene ring substituents is 1. The van der Waals surface area contributed by atoms with Crippen LogP contribution >= 0.6 is 23.4 Å². The Morgan fingerprint density at radius 2 is 2.28 bits per heavy atom. The molecule has 1 aromatic carbocycles. The van der Waals surface area contributed by atoms with Gasteiger partial charge in [0.1, 0.15) is 11.5 Å². The highest BCUT2D eigenvalue weighted by Crippen LogP contribution is 2.31. The number of nitrogens with one attached hydrogen (secondary N) is 1. The van der Waals surface area contributed by atoms with Gasteiger partial charge >= 0.3 is 0 Å². The summed E-state index contributed by atoms with van der Waals surface area (Å²) in [5, 5.41) is 13.7. The van der Waals surface area contributed by atoms with Crippen LogP contribution in [0.3, 0.4) is 0 Å². The van der Waals surface area contributed by atoms with Crippen LogP contribution in [0.1, 0.15) is 13.3 Å². The molecule has 0 aliphatic carbocycles. The topological polar surface area (TPSA) is 55.2 Å². The maximum absolute atomic E-state index is 13.2. The monoisotopic (exact) mass is 292 g/mol. The summed E-state index contributed by atoms with van der Waals surface area (Å²) in [5.74, 6) is 0.155. The van der Waals surface area contributed by atoms with E-state index in [0.29, 0.717) is 0 Å². The number of halogens is 2. The van der Waals surface area contributed by atoms with E-state index in [2.05, 4.69) is 5.32 Å². The fourth-order valence-electron chi connectivity index (χ4n) is 1.44. The molecule has 0 bridgehead atoms. The normalized spacial score (nSPS) is 12.2. The molecule has 4 nitrogen and oxygen atoms in total. The quantitative estimate of drug-likeness (QED) is 0.637. The highest BCUT2D eigenvalue weighted by Gasteiger charge is 2.18. The molecule has 0 aliphatic rings. The van der Waals surface area contributed by atoms with Crippen molar-refractivity contribution in [2.75, 3.05) is 17.3 Å². The summed E-state index contributed by atoms with van der Waals surface area (Å²) in [5.41, 5.74) is -0.0482. The fraction of sp³-hybridized carbons (Fsp3) is 0.455. The van der Waals surface area contributed by atoms with Crippen LogP contribution in [-0.4, -0.2) is 23.0 Å². The van der Waals surface area contributed by atoms with Crippen LogP contribution in [0, 0.1) is 15.9 Å². The van der Waals surface area contributed by atoms with Crippen LogP contribution in [0.5, 0.6) is 0 Å². The first-order valence-electron chi connectivity index (χ1n) is 5.34. The molecule has 0 saturated carbocycles. The summed E-state index contributed by atoms with van der Waals surface area (Å²) in [4.78, 5) is 10.2. The summed E-state index contributed by atoms with van der Waals surface area (Å²) in [6.45, 7) is 1.91. The third-order valence-electron chi connectivity index (χ3n) is 2.39. The average molecular weight is 293 g/mol. The highest BCUT2D eigenvalue weighted by molar-refractivity contribution is 7.98. The van der Waals surface area contributed by atoms with Gasteiger partial charge in [-0.15, -0.1) is 0 Å². The average Bonchev–Trinajstić information content (AvgIpc) is 2.30. The molecule has 1 rings (SSSR count). The van der Waals surface area contributed by atoms with Gasteiger partial charge in [0, 0.05) is 6.04 Å². The molecular weight excluding hydrogens is 279 g/mol. The van der Waals surface area contributed by atoms with E-state index in [4.69, 9.17) is 11.6 Å². The van der Waals surface area contributed by atoms with Gasteiger partial charge in [-0.3, -0.25) is 10.1 Å². The first kappa shape index (κ1) is 15.0. The number of hydrogen-bond donors (Lipinski definition) is 1. The van der Waals surface area contributed by atoms with Crippen LogP contribution in [0.2, 0.25) is 5.02 Å². The lowest BCUT2D eigenvalue weighted by Gasteiger charge is -2.15. The van der Waals surface area contributed by atoms with E-state index < -0.39 is 10.7 Å². The van der Waals surface area contributed by atoms with Gasteiger partial charge in [-0.2, -0.15) is 11.8 Å². The zero-order valence-corrected chi connectivity index (χ0v) is 11.6. The zero-order valence-electron chi connectivity index (χ0n) is 10.1. The second-order valence-corrected chi connectivity index (χ2v) is 5.26. The molecule has 1 N–H and O–H groups in total. The molecule has 0 aliphatic heterocycles. The van der Waals surface area contributed by atoms with Crippen molar-refractivity contribution in [1.82, 2.24) is 0 Å². The summed E-state index contributed by atoms with van der Waals surface area (Å²) >= 11 is 7.33. The molecule has 100 valence electrons. The first-order valence-corrected chi connectivity index (χ1v) is 7.11. The zero-order chi connectivity index (χ0) is 13.7. The van der Waals surface area contributed by atoms with Gasteiger partial charge in [0.05, 0.1) is 16.0 Å². The largest absolute Gasteiger partial charge is 0.377 e. The molecule has 0 amide bonds. The van der Waals surface area contributed by atoms with Gasteiger partial charge in [-0.1, -0.05) is 11.6 Å². The van der Waals surface area contributed by atoms with Crippen LogP contribution in [0.15, 0.2) is 12.1 Å². The maximum Gasteiger partial charge on any atom is 0.295 e.